The van der Waals surface area contributed by atoms with Crippen LogP contribution in [0.1, 0.15) is 46.0 Å². The maximum atomic E-state index is 9.09. The molecule has 0 aromatic heterocycles. The van der Waals surface area contributed by atoms with Crippen molar-refractivity contribution in [3.63, 3.8) is 0 Å². The first-order valence-electron chi connectivity index (χ1n) is 5.60. The van der Waals surface area contributed by atoms with Crippen molar-refractivity contribution in [2.45, 2.75) is 58.1 Å². The lowest BCUT2D eigenvalue weighted by molar-refractivity contribution is 0.179. The highest BCUT2D eigenvalue weighted by atomic mass is 16.3. The first-order valence-corrected chi connectivity index (χ1v) is 5.60. The summed E-state index contributed by atoms with van der Waals surface area (Å²) in [5, 5.41) is 12.6. The molecule has 0 spiro atoms. The van der Waals surface area contributed by atoms with Gasteiger partial charge in [0, 0.05) is 6.04 Å². The molecule has 78 valence electrons. The van der Waals surface area contributed by atoms with Gasteiger partial charge in [0.15, 0.2) is 0 Å². The standard InChI is InChI=1S/C11H23NO/c1-9-4-3-5-11(8-9)12-7-6-10(2)13/h9-13H,3-8H2,1-2H3/t9-,10+,11+/m1/s1. The zero-order valence-corrected chi connectivity index (χ0v) is 8.92. The normalized spacial score (nSPS) is 31.6. The SMILES string of the molecule is C[C@@H]1CCC[C@H](NCC[C@H](C)O)C1. The highest BCUT2D eigenvalue weighted by Gasteiger charge is 2.17. The Balaban J connectivity index is 2.06. The average molecular weight is 185 g/mol. The van der Waals surface area contributed by atoms with Gasteiger partial charge >= 0.3 is 0 Å². The third-order valence-corrected chi connectivity index (χ3v) is 2.93. The second-order valence-electron chi connectivity index (χ2n) is 4.56. The van der Waals surface area contributed by atoms with E-state index in [0.29, 0.717) is 6.04 Å². The van der Waals surface area contributed by atoms with Crippen LogP contribution in [0.4, 0.5) is 0 Å². The van der Waals surface area contributed by atoms with Crippen LogP contribution in [0.5, 0.6) is 0 Å². The van der Waals surface area contributed by atoms with Crippen LogP contribution in [-0.4, -0.2) is 23.8 Å². The van der Waals surface area contributed by atoms with E-state index < -0.39 is 0 Å². The van der Waals surface area contributed by atoms with Gasteiger partial charge in [0.25, 0.3) is 0 Å². The summed E-state index contributed by atoms with van der Waals surface area (Å²) in [6.45, 7) is 5.16. The molecule has 2 nitrogen and oxygen atoms in total. The lowest BCUT2D eigenvalue weighted by Gasteiger charge is -2.27. The summed E-state index contributed by atoms with van der Waals surface area (Å²) in [6, 6.07) is 0.711. The number of rotatable bonds is 4. The lowest BCUT2D eigenvalue weighted by atomic mass is 9.87. The fourth-order valence-corrected chi connectivity index (χ4v) is 2.12. The quantitative estimate of drug-likeness (QED) is 0.701. The van der Waals surface area contributed by atoms with Crippen LogP contribution in [0.2, 0.25) is 0 Å². The van der Waals surface area contributed by atoms with E-state index >= 15 is 0 Å². The van der Waals surface area contributed by atoms with Crippen LogP contribution in [0.3, 0.4) is 0 Å². The van der Waals surface area contributed by atoms with E-state index in [9.17, 15) is 0 Å². The predicted molar refractivity (Wildman–Crippen MR) is 55.7 cm³/mol. The van der Waals surface area contributed by atoms with Gasteiger partial charge in [-0.15, -0.1) is 0 Å². The summed E-state index contributed by atoms with van der Waals surface area (Å²) in [5.74, 6) is 0.887. The van der Waals surface area contributed by atoms with E-state index in [0.717, 1.165) is 18.9 Å². The summed E-state index contributed by atoms with van der Waals surface area (Å²) < 4.78 is 0. The Morgan fingerprint density at radius 2 is 2.23 bits per heavy atom. The van der Waals surface area contributed by atoms with Crippen molar-refractivity contribution >= 4 is 0 Å². The Labute approximate surface area is 81.7 Å². The van der Waals surface area contributed by atoms with Crippen LogP contribution >= 0.6 is 0 Å². The summed E-state index contributed by atoms with van der Waals surface area (Å²) in [7, 11) is 0. The van der Waals surface area contributed by atoms with E-state index in [1.54, 1.807) is 0 Å². The zero-order chi connectivity index (χ0) is 9.68. The lowest BCUT2D eigenvalue weighted by Crippen LogP contribution is -2.35. The van der Waals surface area contributed by atoms with Crippen molar-refractivity contribution in [1.82, 2.24) is 5.32 Å². The fraction of sp³-hybridized carbons (Fsp3) is 1.00. The first kappa shape index (κ1) is 11.0. The van der Waals surface area contributed by atoms with Crippen LogP contribution in [0.15, 0.2) is 0 Å². The molecular weight excluding hydrogens is 162 g/mol. The van der Waals surface area contributed by atoms with Crippen molar-refractivity contribution < 1.29 is 5.11 Å². The Hall–Kier alpha value is -0.0800. The molecule has 1 aliphatic rings. The molecule has 2 N–H and O–H groups in total. The van der Waals surface area contributed by atoms with Crippen LogP contribution in [0.25, 0.3) is 0 Å². The molecule has 0 aromatic rings. The van der Waals surface area contributed by atoms with Crippen molar-refractivity contribution in [1.29, 1.82) is 0 Å². The molecular formula is C11H23NO. The van der Waals surface area contributed by atoms with E-state index in [4.69, 9.17) is 5.11 Å². The van der Waals surface area contributed by atoms with Gasteiger partial charge in [-0.05, 0) is 38.6 Å². The van der Waals surface area contributed by atoms with Crippen molar-refractivity contribution in [2.75, 3.05) is 6.54 Å². The van der Waals surface area contributed by atoms with E-state index in [2.05, 4.69) is 12.2 Å². The Kier molecular flexibility index (Phi) is 4.74. The van der Waals surface area contributed by atoms with E-state index in [-0.39, 0.29) is 6.10 Å². The van der Waals surface area contributed by atoms with Gasteiger partial charge in [-0.1, -0.05) is 19.8 Å². The van der Waals surface area contributed by atoms with Crippen molar-refractivity contribution in [3.8, 4) is 0 Å². The number of hydrogen-bond donors (Lipinski definition) is 2. The van der Waals surface area contributed by atoms with Gasteiger partial charge in [-0.3, -0.25) is 0 Å². The second-order valence-corrected chi connectivity index (χ2v) is 4.56. The van der Waals surface area contributed by atoms with Crippen molar-refractivity contribution in [3.05, 3.63) is 0 Å². The van der Waals surface area contributed by atoms with Gasteiger partial charge in [-0.25, -0.2) is 0 Å². The molecule has 0 saturated heterocycles. The third kappa shape index (κ3) is 4.63. The predicted octanol–water partition coefficient (Wildman–Crippen LogP) is 1.93. The molecule has 0 aliphatic heterocycles. The highest BCUT2D eigenvalue weighted by molar-refractivity contribution is 4.75. The van der Waals surface area contributed by atoms with Crippen molar-refractivity contribution in [2.24, 2.45) is 5.92 Å². The fourth-order valence-electron chi connectivity index (χ4n) is 2.12. The molecule has 0 heterocycles. The van der Waals surface area contributed by atoms with Gasteiger partial charge < -0.3 is 10.4 Å². The van der Waals surface area contributed by atoms with Crippen LogP contribution < -0.4 is 5.32 Å². The second kappa shape index (κ2) is 5.61. The number of aliphatic hydroxyl groups excluding tert-OH is 1. The summed E-state index contributed by atoms with van der Waals surface area (Å²) in [5.41, 5.74) is 0. The molecule has 0 bridgehead atoms. The summed E-state index contributed by atoms with van der Waals surface area (Å²) in [4.78, 5) is 0. The number of aliphatic hydroxyl groups is 1. The molecule has 0 radical (unpaired) electrons. The molecule has 0 unspecified atom stereocenters. The molecule has 0 amide bonds. The van der Waals surface area contributed by atoms with Gasteiger partial charge in [-0.2, -0.15) is 0 Å². The first-order chi connectivity index (χ1) is 6.18. The van der Waals surface area contributed by atoms with Gasteiger partial charge in [0.1, 0.15) is 0 Å². The van der Waals surface area contributed by atoms with Crippen LogP contribution in [-0.2, 0) is 0 Å². The maximum absolute atomic E-state index is 9.09. The average Bonchev–Trinajstić information content (AvgIpc) is 2.03. The van der Waals surface area contributed by atoms with E-state index in [1.807, 2.05) is 6.92 Å². The monoisotopic (exact) mass is 185 g/mol. The number of nitrogens with one attached hydrogen (secondary N) is 1. The molecule has 1 rings (SSSR count). The largest absolute Gasteiger partial charge is 0.393 e. The van der Waals surface area contributed by atoms with E-state index in [1.165, 1.54) is 25.7 Å². The third-order valence-electron chi connectivity index (χ3n) is 2.93. The topological polar surface area (TPSA) is 32.3 Å². The Bertz CT molecular complexity index is 136. The molecule has 0 aromatic carbocycles. The molecule has 1 saturated carbocycles. The summed E-state index contributed by atoms with van der Waals surface area (Å²) in [6.07, 6.45) is 6.13. The summed E-state index contributed by atoms with van der Waals surface area (Å²) >= 11 is 0. The van der Waals surface area contributed by atoms with Gasteiger partial charge in [0.2, 0.25) is 0 Å². The van der Waals surface area contributed by atoms with Gasteiger partial charge in [0.05, 0.1) is 6.10 Å². The minimum atomic E-state index is -0.159. The minimum absolute atomic E-state index is 0.159. The Morgan fingerprint density at radius 3 is 2.85 bits per heavy atom. The molecule has 3 atom stereocenters. The Morgan fingerprint density at radius 1 is 1.46 bits per heavy atom. The zero-order valence-electron chi connectivity index (χ0n) is 8.92. The van der Waals surface area contributed by atoms with Crippen LogP contribution in [0, 0.1) is 5.92 Å². The number of hydrogen-bond acceptors (Lipinski definition) is 2. The smallest absolute Gasteiger partial charge is 0.0524 e. The minimum Gasteiger partial charge on any atom is -0.393 e. The molecule has 13 heavy (non-hydrogen) atoms. The maximum Gasteiger partial charge on any atom is 0.0524 e. The molecule has 2 heteroatoms. The molecule has 1 fully saturated rings. The molecule has 1 aliphatic carbocycles. The highest BCUT2D eigenvalue weighted by Crippen LogP contribution is 2.23.